The van der Waals surface area contributed by atoms with Crippen LogP contribution in [-0.2, 0) is 5.75 Å². The largest absolute Gasteiger partial charge is 0.399 e. The minimum Gasteiger partial charge on any atom is -0.399 e. The fourth-order valence-electron chi connectivity index (χ4n) is 1.52. The topological polar surface area (TPSA) is 49.8 Å². The van der Waals surface area contributed by atoms with E-state index >= 15 is 0 Å². The van der Waals surface area contributed by atoms with Crippen LogP contribution in [0.15, 0.2) is 41.3 Å². The molecule has 2 aromatic rings. The first-order chi connectivity index (χ1) is 9.10. The Balaban J connectivity index is 2.15. The van der Waals surface area contributed by atoms with Gasteiger partial charge in [0.05, 0.1) is 16.7 Å². The van der Waals surface area contributed by atoms with Gasteiger partial charge in [-0.15, -0.1) is 11.8 Å². The second-order valence-electron chi connectivity index (χ2n) is 3.90. The van der Waals surface area contributed by atoms with E-state index in [9.17, 15) is 0 Å². The molecule has 96 valence electrons. The van der Waals surface area contributed by atoms with Crippen LogP contribution in [0.25, 0.3) is 0 Å². The third-order valence-corrected chi connectivity index (χ3v) is 4.42. The SMILES string of the molecule is N#Cc1ccc(CSc2cc(N)ccc2Cl)c(Cl)c1. The number of hydrogen-bond acceptors (Lipinski definition) is 3. The van der Waals surface area contributed by atoms with Crippen LogP contribution in [0.5, 0.6) is 0 Å². The van der Waals surface area contributed by atoms with Gasteiger partial charge in [0.25, 0.3) is 0 Å². The third-order valence-electron chi connectivity index (χ3n) is 2.52. The number of rotatable bonds is 3. The standard InChI is InChI=1S/C14H10Cl2N2S/c15-12-4-3-11(18)6-14(12)19-8-10-2-1-9(7-17)5-13(10)16/h1-6H,8,18H2. The Hall–Kier alpha value is -1.34. The molecule has 0 saturated carbocycles. The van der Waals surface area contributed by atoms with Crippen LogP contribution in [0.3, 0.4) is 0 Å². The average Bonchev–Trinajstić information content (AvgIpc) is 2.40. The number of nitrogens with two attached hydrogens (primary N) is 1. The normalized spacial score (nSPS) is 10.2. The lowest BCUT2D eigenvalue weighted by atomic mass is 10.2. The van der Waals surface area contributed by atoms with E-state index < -0.39 is 0 Å². The molecule has 0 atom stereocenters. The summed E-state index contributed by atoms with van der Waals surface area (Å²) in [6, 6.07) is 12.7. The summed E-state index contributed by atoms with van der Waals surface area (Å²) in [5.41, 5.74) is 7.93. The summed E-state index contributed by atoms with van der Waals surface area (Å²) in [4.78, 5) is 0.919. The lowest BCUT2D eigenvalue weighted by Gasteiger charge is -2.07. The predicted molar refractivity (Wildman–Crippen MR) is 81.6 cm³/mol. The third kappa shape index (κ3) is 3.57. The maximum absolute atomic E-state index is 8.78. The molecule has 0 bridgehead atoms. The minimum atomic E-state index is 0.556. The van der Waals surface area contributed by atoms with Gasteiger partial charge in [0, 0.05) is 21.4 Å². The highest BCUT2D eigenvalue weighted by Crippen LogP contribution is 2.33. The molecular weight excluding hydrogens is 299 g/mol. The van der Waals surface area contributed by atoms with E-state index in [1.54, 1.807) is 36.0 Å². The number of hydrogen-bond donors (Lipinski definition) is 1. The quantitative estimate of drug-likeness (QED) is 0.658. The average molecular weight is 309 g/mol. The predicted octanol–water partition coefficient (Wildman–Crippen LogP) is 4.74. The number of nitriles is 1. The number of nitrogen functional groups attached to an aromatic ring is 1. The van der Waals surface area contributed by atoms with Crippen LogP contribution in [0.1, 0.15) is 11.1 Å². The Kier molecular flexibility index (Phi) is 4.60. The zero-order valence-electron chi connectivity index (χ0n) is 9.86. The molecule has 0 aromatic heterocycles. The molecule has 5 heteroatoms. The van der Waals surface area contributed by atoms with Gasteiger partial charge in [-0.1, -0.05) is 29.3 Å². The summed E-state index contributed by atoms with van der Waals surface area (Å²) in [5, 5.41) is 10.0. The number of thioether (sulfide) groups is 1. The van der Waals surface area contributed by atoms with Crippen molar-refractivity contribution >= 4 is 40.7 Å². The van der Waals surface area contributed by atoms with Crippen molar-refractivity contribution in [2.24, 2.45) is 0 Å². The summed E-state index contributed by atoms with van der Waals surface area (Å²) in [6.07, 6.45) is 0. The number of benzene rings is 2. The van der Waals surface area contributed by atoms with Crippen molar-refractivity contribution in [2.45, 2.75) is 10.6 Å². The van der Waals surface area contributed by atoms with Crippen LogP contribution < -0.4 is 5.73 Å². The second-order valence-corrected chi connectivity index (χ2v) is 5.73. The second kappa shape index (κ2) is 6.21. The van der Waals surface area contributed by atoms with E-state index in [1.165, 1.54) is 0 Å². The number of halogens is 2. The highest BCUT2D eigenvalue weighted by atomic mass is 35.5. The molecule has 2 rings (SSSR count). The maximum Gasteiger partial charge on any atom is 0.0992 e. The number of anilines is 1. The van der Waals surface area contributed by atoms with Crippen LogP contribution in [0, 0.1) is 11.3 Å². The van der Waals surface area contributed by atoms with Gasteiger partial charge in [-0.25, -0.2) is 0 Å². The van der Waals surface area contributed by atoms with Crippen molar-refractivity contribution < 1.29 is 0 Å². The Morgan fingerprint density at radius 2 is 1.89 bits per heavy atom. The maximum atomic E-state index is 8.78. The van der Waals surface area contributed by atoms with Crippen molar-refractivity contribution in [2.75, 3.05) is 5.73 Å². The highest BCUT2D eigenvalue weighted by molar-refractivity contribution is 7.98. The van der Waals surface area contributed by atoms with Gasteiger partial charge in [0.2, 0.25) is 0 Å². The van der Waals surface area contributed by atoms with Gasteiger partial charge in [-0.3, -0.25) is 0 Å². The highest BCUT2D eigenvalue weighted by Gasteiger charge is 2.06. The molecule has 0 spiro atoms. The summed E-state index contributed by atoms with van der Waals surface area (Å²) in [7, 11) is 0. The van der Waals surface area contributed by atoms with E-state index in [0.717, 1.165) is 10.5 Å². The van der Waals surface area contributed by atoms with E-state index in [1.807, 2.05) is 12.1 Å². The Bertz CT molecular complexity index is 650. The fraction of sp³-hybridized carbons (Fsp3) is 0.0714. The van der Waals surface area contributed by atoms with Gasteiger partial charge in [-0.05, 0) is 35.9 Å². The molecule has 0 fully saturated rings. The fourth-order valence-corrected chi connectivity index (χ4v) is 3.12. The molecule has 0 aliphatic carbocycles. The van der Waals surface area contributed by atoms with Crippen LogP contribution in [0.2, 0.25) is 10.0 Å². The molecule has 0 unspecified atom stereocenters. The lowest BCUT2D eigenvalue weighted by Crippen LogP contribution is -1.87. The molecule has 0 aliphatic rings. The van der Waals surface area contributed by atoms with Gasteiger partial charge in [-0.2, -0.15) is 5.26 Å². The first kappa shape index (κ1) is 14.1. The lowest BCUT2D eigenvalue weighted by molar-refractivity contribution is 1.37. The monoisotopic (exact) mass is 308 g/mol. The van der Waals surface area contributed by atoms with Gasteiger partial charge in [0.1, 0.15) is 0 Å². The molecule has 0 radical (unpaired) electrons. The van der Waals surface area contributed by atoms with E-state index in [4.69, 9.17) is 34.2 Å². The molecule has 0 amide bonds. The summed E-state index contributed by atoms with van der Waals surface area (Å²) in [5.74, 6) is 0.674. The van der Waals surface area contributed by atoms with Gasteiger partial charge >= 0.3 is 0 Å². The van der Waals surface area contributed by atoms with E-state index in [-0.39, 0.29) is 0 Å². The molecule has 2 N–H and O–H groups in total. The smallest absolute Gasteiger partial charge is 0.0992 e. The summed E-state index contributed by atoms with van der Waals surface area (Å²) >= 11 is 13.8. The molecule has 19 heavy (non-hydrogen) atoms. The Labute approximate surface area is 126 Å². The zero-order chi connectivity index (χ0) is 13.8. The van der Waals surface area contributed by atoms with Crippen LogP contribution >= 0.6 is 35.0 Å². The molecule has 2 nitrogen and oxygen atoms in total. The van der Waals surface area contributed by atoms with Crippen molar-refractivity contribution in [3.63, 3.8) is 0 Å². The Morgan fingerprint density at radius 3 is 2.58 bits per heavy atom. The van der Waals surface area contributed by atoms with E-state index in [2.05, 4.69) is 6.07 Å². The molecule has 0 aliphatic heterocycles. The van der Waals surface area contributed by atoms with Gasteiger partial charge < -0.3 is 5.73 Å². The van der Waals surface area contributed by atoms with E-state index in [0.29, 0.717) is 27.0 Å². The first-order valence-electron chi connectivity index (χ1n) is 5.46. The summed E-state index contributed by atoms with van der Waals surface area (Å²) < 4.78 is 0. The van der Waals surface area contributed by atoms with Gasteiger partial charge in [0.15, 0.2) is 0 Å². The number of nitrogens with zero attached hydrogens (tertiary/aromatic N) is 1. The molecule has 0 heterocycles. The zero-order valence-corrected chi connectivity index (χ0v) is 12.2. The Morgan fingerprint density at radius 1 is 1.11 bits per heavy atom. The first-order valence-corrected chi connectivity index (χ1v) is 7.20. The van der Waals surface area contributed by atoms with Crippen LogP contribution in [0.4, 0.5) is 5.69 Å². The molecule has 0 saturated heterocycles. The molecule has 2 aromatic carbocycles. The van der Waals surface area contributed by atoms with Crippen molar-refractivity contribution in [3.8, 4) is 6.07 Å². The molecular formula is C14H10Cl2N2S. The summed E-state index contributed by atoms with van der Waals surface area (Å²) in [6.45, 7) is 0. The van der Waals surface area contributed by atoms with Crippen LogP contribution in [-0.4, -0.2) is 0 Å². The minimum absolute atomic E-state index is 0.556. The van der Waals surface area contributed by atoms with Crippen molar-refractivity contribution in [1.29, 1.82) is 5.26 Å². The van der Waals surface area contributed by atoms with Crippen molar-refractivity contribution in [1.82, 2.24) is 0 Å². The van der Waals surface area contributed by atoms with Crippen molar-refractivity contribution in [3.05, 3.63) is 57.6 Å².